The number of ether oxygens (including phenoxy) is 2. The van der Waals surface area contributed by atoms with Crippen LogP contribution in [0.3, 0.4) is 0 Å². The average molecular weight is 599 g/mol. The van der Waals surface area contributed by atoms with Crippen molar-refractivity contribution in [2.75, 3.05) is 26.4 Å². The predicted octanol–water partition coefficient (Wildman–Crippen LogP) is 4.12. The van der Waals surface area contributed by atoms with Gasteiger partial charge in [-0.15, -0.1) is 0 Å². The average Bonchev–Trinajstić information content (AvgIpc) is 3.24. The summed E-state index contributed by atoms with van der Waals surface area (Å²) in [6.45, 7) is 0.789. The van der Waals surface area contributed by atoms with E-state index in [0.717, 1.165) is 6.07 Å². The molecule has 2 N–H and O–H groups in total. The Labute approximate surface area is 246 Å². The SMILES string of the molecule is CC[C@@](O)(c1cc(F)c2c(c1)C(=O)N(Cc1ncc(C#N)cn1)[C@@]2(OCCO)c1ccc(Cl)cc1)C1(F)CCOCC1. The largest absolute Gasteiger partial charge is 0.394 e. The van der Waals surface area contributed by atoms with Crippen molar-refractivity contribution in [1.82, 2.24) is 14.9 Å². The fraction of sp³-hybridized carbons (Fsp3) is 0.400. The van der Waals surface area contributed by atoms with Crippen LogP contribution >= 0.6 is 11.6 Å². The molecule has 3 heterocycles. The van der Waals surface area contributed by atoms with E-state index in [9.17, 15) is 15.0 Å². The van der Waals surface area contributed by atoms with Gasteiger partial charge in [-0.25, -0.2) is 18.7 Å². The number of hydrogen-bond acceptors (Lipinski definition) is 8. The van der Waals surface area contributed by atoms with E-state index in [4.69, 9.17) is 26.3 Å². The molecule has 5 rings (SSSR count). The summed E-state index contributed by atoms with van der Waals surface area (Å²) < 4.78 is 44.3. The molecule has 1 aromatic heterocycles. The second-order valence-corrected chi connectivity index (χ2v) is 10.7. The van der Waals surface area contributed by atoms with Gasteiger partial charge in [-0.3, -0.25) is 9.69 Å². The molecule has 0 unspecified atom stereocenters. The molecule has 42 heavy (non-hydrogen) atoms. The summed E-state index contributed by atoms with van der Waals surface area (Å²) in [5, 5.41) is 31.0. The van der Waals surface area contributed by atoms with Crippen molar-refractivity contribution in [3.63, 3.8) is 0 Å². The van der Waals surface area contributed by atoms with Crippen molar-refractivity contribution in [2.45, 2.75) is 49.7 Å². The van der Waals surface area contributed by atoms with E-state index >= 15 is 8.78 Å². The minimum absolute atomic E-state index is 0.0809. The van der Waals surface area contributed by atoms with E-state index in [0.29, 0.717) is 10.6 Å². The second kappa shape index (κ2) is 11.6. The number of carbonyl (C=O) groups excluding carboxylic acids is 1. The van der Waals surface area contributed by atoms with Crippen LogP contribution in [0, 0.1) is 17.1 Å². The first-order valence-electron chi connectivity index (χ1n) is 13.5. The van der Waals surface area contributed by atoms with Gasteiger partial charge in [-0.2, -0.15) is 5.26 Å². The number of nitriles is 1. The Balaban J connectivity index is 1.73. The first-order chi connectivity index (χ1) is 20.1. The third kappa shape index (κ3) is 4.83. The Morgan fingerprint density at radius 2 is 1.88 bits per heavy atom. The van der Waals surface area contributed by atoms with Gasteiger partial charge in [0.15, 0.2) is 5.72 Å². The van der Waals surface area contributed by atoms with E-state index < -0.39 is 35.3 Å². The molecule has 2 aliphatic rings. The van der Waals surface area contributed by atoms with Crippen LogP contribution in [0.2, 0.25) is 5.02 Å². The van der Waals surface area contributed by atoms with Gasteiger partial charge in [0.2, 0.25) is 0 Å². The highest BCUT2D eigenvalue weighted by Crippen LogP contribution is 2.51. The Kier molecular flexibility index (Phi) is 8.29. The van der Waals surface area contributed by atoms with Crippen molar-refractivity contribution in [2.24, 2.45) is 0 Å². The van der Waals surface area contributed by atoms with Crippen LogP contribution in [0.5, 0.6) is 0 Å². The molecule has 2 atom stereocenters. The lowest BCUT2D eigenvalue weighted by molar-refractivity contribution is -0.155. The molecule has 220 valence electrons. The maximum atomic E-state index is 16.5. The summed E-state index contributed by atoms with van der Waals surface area (Å²) in [5.41, 5.74) is -5.99. The smallest absolute Gasteiger partial charge is 0.257 e. The highest BCUT2D eigenvalue weighted by Gasteiger charge is 2.57. The highest BCUT2D eigenvalue weighted by atomic mass is 35.5. The molecule has 0 aliphatic carbocycles. The number of aliphatic hydroxyl groups excluding tert-OH is 1. The molecular formula is C30H29ClF2N4O5. The molecule has 2 aromatic carbocycles. The van der Waals surface area contributed by atoms with Gasteiger partial charge in [0.1, 0.15) is 29.0 Å². The zero-order valence-corrected chi connectivity index (χ0v) is 23.6. The summed E-state index contributed by atoms with van der Waals surface area (Å²) in [6, 6.07) is 10.5. The Morgan fingerprint density at radius 1 is 1.21 bits per heavy atom. The van der Waals surface area contributed by atoms with Crippen LogP contribution in [0.25, 0.3) is 0 Å². The Bertz CT molecular complexity index is 1510. The first kappa shape index (κ1) is 29.9. The summed E-state index contributed by atoms with van der Waals surface area (Å²) in [4.78, 5) is 23.8. The number of aromatic nitrogens is 2. The maximum Gasteiger partial charge on any atom is 0.257 e. The van der Waals surface area contributed by atoms with Crippen molar-refractivity contribution in [3.8, 4) is 6.07 Å². The molecule has 9 nitrogen and oxygen atoms in total. The maximum absolute atomic E-state index is 16.5. The highest BCUT2D eigenvalue weighted by molar-refractivity contribution is 6.30. The van der Waals surface area contributed by atoms with Crippen LogP contribution in [-0.2, 0) is 27.3 Å². The van der Waals surface area contributed by atoms with Gasteiger partial charge >= 0.3 is 0 Å². The van der Waals surface area contributed by atoms with Crippen molar-refractivity contribution >= 4 is 17.5 Å². The molecule has 2 aliphatic heterocycles. The van der Waals surface area contributed by atoms with Crippen LogP contribution in [0.15, 0.2) is 48.8 Å². The Morgan fingerprint density at radius 3 is 2.48 bits per heavy atom. The molecule has 0 saturated carbocycles. The van der Waals surface area contributed by atoms with Gasteiger partial charge in [-0.05, 0) is 36.2 Å². The molecule has 0 radical (unpaired) electrons. The third-order valence-electron chi connectivity index (χ3n) is 8.07. The molecule has 1 saturated heterocycles. The lowest BCUT2D eigenvalue weighted by Gasteiger charge is -2.44. The van der Waals surface area contributed by atoms with Gasteiger partial charge in [0.05, 0.1) is 36.4 Å². The lowest BCUT2D eigenvalue weighted by Crippen LogP contribution is -2.51. The number of fused-ring (bicyclic) bond motifs is 1. The normalized spacial score (nSPS) is 21.1. The van der Waals surface area contributed by atoms with Gasteiger partial charge in [0.25, 0.3) is 5.91 Å². The standard InChI is InChI=1S/C30H29ClF2N4O5/c1-2-29(40,28(33)7-10-41-11-8-28)21-13-23-26(24(32)14-21)30(42-12-9-38,20-3-5-22(31)6-4-20)37(27(23)39)18-25-35-16-19(15-34)17-36-25/h3-6,13-14,16-17,38,40H,2,7-12,18H2,1H3/t29-,30-/m1/s1. The number of carbonyl (C=O) groups is 1. The number of amides is 1. The van der Waals surface area contributed by atoms with Crippen LogP contribution in [0.4, 0.5) is 8.78 Å². The predicted molar refractivity (Wildman–Crippen MR) is 146 cm³/mol. The second-order valence-electron chi connectivity index (χ2n) is 10.3. The molecular weight excluding hydrogens is 570 g/mol. The lowest BCUT2D eigenvalue weighted by atomic mass is 9.72. The summed E-state index contributed by atoms with van der Waals surface area (Å²) in [6.07, 6.45) is 2.31. The minimum atomic E-state index is -2.11. The van der Waals surface area contributed by atoms with E-state index in [2.05, 4.69) is 9.97 Å². The molecule has 0 spiro atoms. The molecule has 1 amide bonds. The summed E-state index contributed by atoms with van der Waals surface area (Å²) in [5.74, 6) is -1.46. The zero-order chi connectivity index (χ0) is 30.1. The van der Waals surface area contributed by atoms with E-state index in [1.807, 2.05) is 6.07 Å². The quantitative estimate of drug-likeness (QED) is 0.376. The summed E-state index contributed by atoms with van der Waals surface area (Å²) >= 11 is 6.14. The van der Waals surface area contributed by atoms with Crippen LogP contribution in [0.1, 0.15) is 64.6 Å². The zero-order valence-electron chi connectivity index (χ0n) is 22.8. The van der Waals surface area contributed by atoms with Crippen molar-refractivity contribution in [1.29, 1.82) is 5.26 Å². The number of benzene rings is 2. The topological polar surface area (TPSA) is 129 Å². The van der Waals surface area contributed by atoms with Crippen molar-refractivity contribution in [3.05, 3.63) is 93.3 Å². The van der Waals surface area contributed by atoms with E-state index in [1.54, 1.807) is 31.2 Å². The third-order valence-corrected chi connectivity index (χ3v) is 8.32. The molecule has 12 heteroatoms. The number of nitrogens with zero attached hydrogens (tertiary/aromatic N) is 4. The minimum Gasteiger partial charge on any atom is -0.394 e. The first-order valence-corrected chi connectivity index (χ1v) is 13.9. The number of halogens is 3. The number of alkyl halides is 1. The van der Waals surface area contributed by atoms with Crippen LogP contribution in [-0.4, -0.2) is 63.1 Å². The van der Waals surface area contributed by atoms with Gasteiger partial charge < -0.3 is 19.7 Å². The Hall–Kier alpha value is -3.53. The molecule has 3 aromatic rings. The summed E-state index contributed by atoms with van der Waals surface area (Å²) in [7, 11) is 0. The fourth-order valence-corrected chi connectivity index (χ4v) is 6.02. The van der Waals surface area contributed by atoms with Gasteiger partial charge in [0, 0.05) is 49.0 Å². The van der Waals surface area contributed by atoms with Gasteiger partial charge in [-0.1, -0.05) is 30.7 Å². The van der Waals surface area contributed by atoms with E-state index in [-0.39, 0.29) is 73.7 Å². The van der Waals surface area contributed by atoms with Crippen molar-refractivity contribution < 1.29 is 33.3 Å². The number of rotatable bonds is 9. The van der Waals surface area contributed by atoms with E-state index in [1.165, 1.54) is 23.4 Å². The monoisotopic (exact) mass is 598 g/mol. The fourth-order valence-electron chi connectivity index (χ4n) is 5.89. The number of hydrogen-bond donors (Lipinski definition) is 2. The van der Waals surface area contributed by atoms with Crippen LogP contribution < -0.4 is 0 Å². The molecule has 1 fully saturated rings. The number of aliphatic hydroxyl groups is 2. The molecule has 0 bridgehead atoms.